The minimum Gasteiger partial charge on any atom is -0.480 e. The van der Waals surface area contributed by atoms with Crippen molar-refractivity contribution in [1.29, 1.82) is 0 Å². The van der Waals surface area contributed by atoms with Gasteiger partial charge in [0.1, 0.15) is 0 Å². The number of carboxylic acids is 1. The number of aliphatic carboxylic acids is 1. The highest BCUT2D eigenvalue weighted by molar-refractivity contribution is 6.32. The number of hydrazine groups is 1. The van der Waals surface area contributed by atoms with Gasteiger partial charge in [0.25, 0.3) is 0 Å². The van der Waals surface area contributed by atoms with Crippen LogP contribution in [-0.4, -0.2) is 84.8 Å². The quantitative estimate of drug-likeness (QED) is 0.592. The highest BCUT2D eigenvalue weighted by Gasteiger charge is 2.36. The summed E-state index contributed by atoms with van der Waals surface area (Å²) < 4.78 is 41.0. The molecule has 1 unspecified atom stereocenters. The first-order valence-corrected chi connectivity index (χ1v) is 10.1. The zero-order valence-electron chi connectivity index (χ0n) is 16.9. The average molecular weight is 487 g/mol. The summed E-state index contributed by atoms with van der Waals surface area (Å²) in [5, 5.41) is 22.9. The van der Waals surface area contributed by atoms with Gasteiger partial charge in [0, 0.05) is 44.5 Å². The zero-order valence-corrected chi connectivity index (χ0v) is 17.6. The molecule has 2 aliphatic rings. The Morgan fingerprint density at radius 1 is 1.21 bits per heavy atom. The monoisotopic (exact) mass is 486 g/mol. The van der Waals surface area contributed by atoms with Gasteiger partial charge < -0.3 is 10.0 Å². The lowest BCUT2D eigenvalue weighted by Gasteiger charge is -2.36. The highest BCUT2D eigenvalue weighted by atomic mass is 35.5. The summed E-state index contributed by atoms with van der Waals surface area (Å²) in [6.07, 6.45) is -3.36. The molecule has 1 aromatic heterocycles. The predicted octanol–water partition coefficient (Wildman–Crippen LogP) is 1.48. The Morgan fingerprint density at radius 3 is 2.52 bits per heavy atom. The standard InChI is InChI=1S/C18H18ClF3N8O3/c19-13-9-30(25-14(13)16(31)32)17(33)29-5-3-28(4-6-29)8-11-2-1-10(15-23-26-27-24-15)7-12(11)18(20,21)22/h1-2,7,9,14,25H,3-6,8H2,(H,31,32)(H,23,24,26,27). The number of carbonyl (C=O) groups excluding carboxylic acids is 1. The second kappa shape index (κ2) is 8.96. The van der Waals surface area contributed by atoms with Crippen molar-refractivity contribution in [2.45, 2.75) is 18.8 Å². The molecule has 33 heavy (non-hydrogen) atoms. The van der Waals surface area contributed by atoms with Gasteiger partial charge in [-0.2, -0.15) is 13.2 Å². The van der Waals surface area contributed by atoms with Gasteiger partial charge in [-0.1, -0.05) is 23.7 Å². The second-order valence-electron chi connectivity index (χ2n) is 7.45. The minimum atomic E-state index is -4.57. The third-order valence-corrected chi connectivity index (χ3v) is 5.64. The highest BCUT2D eigenvalue weighted by Crippen LogP contribution is 2.35. The molecule has 1 fully saturated rings. The number of amides is 2. The van der Waals surface area contributed by atoms with Crippen LogP contribution in [0.4, 0.5) is 18.0 Å². The van der Waals surface area contributed by atoms with E-state index in [-0.39, 0.29) is 41.6 Å². The van der Waals surface area contributed by atoms with Gasteiger partial charge in [-0.25, -0.2) is 20.3 Å². The molecule has 0 saturated carbocycles. The van der Waals surface area contributed by atoms with E-state index in [0.29, 0.717) is 13.1 Å². The maximum Gasteiger partial charge on any atom is 0.416 e. The van der Waals surface area contributed by atoms with Crippen LogP contribution in [0.3, 0.4) is 0 Å². The number of carboxylic acid groups (broad SMARTS) is 1. The Labute approximate surface area is 189 Å². The summed E-state index contributed by atoms with van der Waals surface area (Å²) in [6.45, 7) is 1.22. The van der Waals surface area contributed by atoms with E-state index in [1.165, 1.54) is 23.2 Å². The number of urea groups is 1. The first-order valence-electron chi connectivity index (χ1n) is 9.74. The predicted molar refractivity (Wildman–Crippen MR) is 107 cm³/mol. The Balaban J connectivity index is 1.40. The van der Waals surface area contributed by atoms with Crippen molar-refractivity contribution in [1.82, 2.24) is 40.9 Å². The zero-order chi connectivity index (χ0) is 23.8. The van der Waals surface area contributed by atoms with Crippen LogP contribution in [0.15, 0.2) is 29.4 Å². The van der Waals surface area contributed by atoms with Crippen molar-refractivity contribution in [3.8, 4) is 11.4 Å². The normalized spacial score (nSPS) is 19.6. The molecule has 1 atom stereocenters. The van der Waals surface area contributed by atoms with Crippen LogP contribution in [0.2, 0.25) is 0 Å². The van der Waals surface area contributed by atoms with Crippen molar-refractivity contribution >= 4 is 23.6 Å². The molecule has 2 aliphatic heterocycles. The van der Waals surface area contributed by atoms with Crippen LogP contribution in [0.5, 0.6) is 0 Å². The smallest absolute Gasteiger partial charge is 0.416 e. The van der Waals surface area contributed by atoms with Gasteiger partial charge in [0.15, 0.2) is 11.9 Å². The molecule has 1 saturated heterocycles. The van der Waals surface area contributed by atoms with E-state index in [2.05, 4.69) is 26.0 Å². The number of hydrogen-bond donors (Lipinski definition) is 3. The molecule has 3 N–H and O–H groups in total. The number of piperazine rings is 1. The van der Waals surface area contributed by atoms with Gasteiger partial charge in [-0.05, 0) is 22.1 Å². The van der Waals surface area contributed by atoms with Crippen molar-refractivity contribution in [2.24, 2.45) is 0 Å². The summed E-state index contributed by atoms with van der Waals surface area (Å²) in [5.74, 6) is -1.09. The maximum absolute atomic E-state index is 13.7. The number of H-pyrrole nitrogens is 1. The first kappa shape index (κ1) is 22.9. The van der Waals surface area contributed by atoms with Gasteiger partial charge in [0.2, 0.25) is 0 Å². The molecule has 4 rings (SSSR count). The minimum absolute atomic E-state index is 0.0290. The van der Waals surface area contributed by atoms with Crippen molar-refractivity contribution < 1.29 is 27.9 Å². The lowest BCUT2D eigenvalue weighted by atomic mass is 10.0. The molecule has 3 heterocycles. The lowest BCUT2D eigenvalue weighted by Crippen LogP contribution is -2.54. The Hall–Kier alpha value is -3.23. The number of aromatic nitrogens is 4. The van der Waals surface area contributed by atoms with Crippen molar-refractivity contribution in [3.05, 3.63) is 40.6 Å². The number of halogens is 4. The summed E-state index contributed by atoms with van der Waals surface area (Å²) in [6, 6.07) is 2.22. The number of hydrogen-bond acceptors (Lipinski definition) is 7. The van der Waals surface area contributed by atoms with E-state index in [1.54, 1.807) is 0 Å². The Bertz CT molecular complexity index is 1070. The average Bonchev–Trinajstić information content (AvgIpc) is 3.43. The van der Waals surface area contributed by atoms with Crippen molar-refractivity contribution in [2.75, 3.05) is 26.2 Å². The number of benzene rings is 1. The number of carbonyl (C=O) groups is 2. The summed E-state index contributed by atoms with van der Waals surface area (Å²) >= 11 is 5.85. The third kappa shape index (κ3) is 4.91. The Morgan fingerprint density at radius 2 is 1.94 bits per heavy atom. The molecule has 176 valence electrons. The third-order valence-electron chi connectivity index (χ3n) is 5.32. The molecular formula is C18H18ClF3N8O3. The molecule has 11 nitrogen and oxygen atoms in total. The number of rotatable bonds is 4. The van der Waals surface area contributed by atoms with Crippen LogP contribution >= 0.6 is 11.6 Å². The number of nitrogens with one attached hydrogen (secondary N) is 2. The first-order chi connectivity index (χ1) is 15.6. The number of nitrogens with zero attached hydrogens (tertiary/aromatic N) is 6. The summed E-state index contributed by atoms with van der Waals surface area (Å²) in [7, 11) is 0. The summed E-state index contributed by atoms with van der Waals surface area (Å²) in [5.41, 5.74) is 2.02. The number of aromatic amines is 1. The fraction of sp³-hybridized carbons (Fsp3) is 0.389. The molecule has 0 bridgehead atoms. The largest absolute Gasteiger partial charge is 0.480 e. The molecular weight excluding hydrogens is 469 g/mol. The second-order valence-corrected chi connectivity index (χ2v) is 7.89. The molecule has 15 heteroatoms. The summed E-state index contributed by atoms with van der Waals surface area (Å²) in [4.78, 5) is 27.0. The topological polar surface area (TPSA) is 131 Å². The molecule has 0 aliphatic carbocycles. The van der Waals surface area contributed by atoms with E-state index in [0.717, 1.165) is 11.1 Å². The molecule has 0 spiro atoms. The van der Waals surface area contributed by atoms with E-state index < -0.39 is 29.8 Å². The fourth-order valence-corrected chi connectivity index (χ4v) is 3.86. The Kier molecular flexibility index (Phi) is 6.23. The number of tetrazole rings is 1. The lowest BCUT2D eigenvalue weighted by molar-refractivity contribution is -0.139. The molecule has 2 aromatic rings. The van der Waals surface area contributed by atoms with Gasteiger partial charge >= 0.3 is 18.2 Å². The fourth-order valence-electron chi connectivity index (χ4n) is 3.62. The van der Waals surface area contributed by atoms with Crippen LogP contribution in [0.25, 0.3) is 11.4 Å². The van der Waals surface area contributed by atoms with E-state index in [1.807, 2.05) is 4.90 Å². The van der Waals surface area contributed by atoms with E-state index in [4.69, 9.17) is 16.7 Å². The van der Waals surface area contributed by atoms with Gasteiger partial charge in [-0.15, -0.1) is 5.10 Å². The van der Waals surface area contributed by atoms with E-state index in [9.17, 15) is 22.8 Å². The maximum atomic E-state index is 13.7. The SMILES string of the molecule is O=C(O)C1NN(C(=O)N2CCN(Cc3ccc(-c4nnn[nH]4)cc3C(F)(F)F)CC2)C=C1Cl. The molecule has 0 radical (unpaired) electrons. The van der Waals surface area contributed by atoms with Crippen LogP contribution in [-0.2, 0) is 17.5 Å². The molecule has 1 aromatic carbocycles. The number of alkyl halides is 3. The van der Waals surface area contributed by atoms with Crippen molar-refractivity contribution in [3.63, 3.8) is 0 Å². The van der Waals surface area contributed by atoms with Gasteiger partial charge in [-0.3, -0.25) is 9.69 Å². The van der Waals surface area contributed by atoms with E-state index >= 15 is 0 Å². The molecule has 2 amide bonds. The van der Waals surface area contributed by atoms with Crippen LogP contribution in [0, 0.1) is 0 Å². The van der Waals surface area contributed by atoms with Crippen LogP contribution < -0.4 is 5.43 Å². The van der Waals surface area contributed by atoms with Gasteiger partial charge in [0.05, 0.1) is 10.6 Å². The van der Waals surface area contributed by atoms with Crippen LogP contribution in [0.1, 0.15) is 11.1 Å².